The highest BCUT2D eigenvalue weighted by Crippen LogP contribution is 2.39. The number of anilines is 1. The normalized spacial score (nSPS) is 21.0. The van der Waals surface area contributed by atoms with Gasteiger partial charge in [0.15, 0.2) is 5.13 Å². The second-order valence-corrected chi connectivity index (χ2v) is 9.06. The number of benzene rings is 1. The number of rotatable bonds is 4. The van der Waals surface area contributed by atoms with E-state index in [1.54, 1.807) is 5.38 Å². The predicted molar refractivity (Wildman–Crippen MR) is 97.6 cm³/mol. The fourth-order valence-corrected chi connectivity index (χ4v) is 5.49. The van der Waals surface area contributed by atoms with E-state index in [-0.39, 0.29) is 11.2 Å². The maximum Gasteiger partial charge on any atom is 0.266 e. The van der Waals surface area contributed by atoms with Gasteiger partial charge in [-0.1, -0.05) is 6.42 Å². The van der Waals surface area contributed by atoms with E-state index in [9.17, 15) is 12.8 Å². The van der Waals surface area contributed by atoms with Gasteiger partial charge in [0.25, 0.3) is 10.0 Å². The number of ether oxygens (including phenoxy) is 1. The summed E-state index contributed by atoms with van der Waals surface area (Å²) in [5.41, 5.74) is 0.740. The van der Waals surface area contributed by atoms with Crippen LogP contribution >= 0.6 is 11.3 Å². The van der Waals surface area contributed by atoms with Gasteiger partial charge in [-0.3, -0.25) is 9.62 Å². The van der Waals surface area contributed by atoms with Crippen molar-refractivity contribution in [1.29, 1.82) is 0 Å². The Kier molecular flexibility index (Phi) is 4.85. The molecule has 3 heterocycles. The Hall–Kier alpha value is -1.71. The largest absolute Gasteiger partial charge is 0.493 e. The molecule has 0 spiro atoms. The Labute approximate surface area is 156 Å². The van der Waals surface area contributed by atoms with Crippen LogP contribution in [0.2, 0.25) is 0 Å². The molecule has 0 bridgehead atoms. The summed E-state index contributed by atoms with van der Waals surface area (Å²) in [7, 11) is -4.06. The quantitative estimate of drug-likeness (QED) is 0.856. The van der Waals surface area contributed by atoms with E-state index in [2.05, 4.69) is 14.6 Å². The highest BCUT2D eigenvalue weighted by atomic mass is 32.2. The molecule has 1 fully saturated rings. The van der Waals surface area contributed by atoms with E-state index >= 15 is 0 Å². The second-order valence-electron chi connectivity index (χ2n) is 6.51. The van der Waals surface area contributed by atoms with Crippen molar-refractivity contribution in [2.45, 2.75) is 36.6 Å². The van der Waals surface area contributed by atoms with E-state index in [4.69, 9.17) is 4.74 Å². The molecule has 0 aliphatic carbocycles. The number of fused-ring (bicyclic) bond motifs is 1. The third-order valence-corrected chi connectivity index (χ3v) is 7.02. The van der Waals surface area contributed by atoms with E-state index in [0.29, 0.717) is 12.4 Å². The lowest BCUT2D eigenvalue weighted by Gasteiger charge is -2.38. The number of thiazole rings is 1. The molecule has 0 unspecified atom stereocenters. The first kappa shape index (κ1) is 17.7. The standard InChI is InChI=1S/C17H20FN3O3S2/c18-13-10-12-14(21-6-2-1-3-7-21)4-8-24-15(12)11-16(13)26(22,23)20-17-19-5-9-25-17/h5,9-11,14H,1-4,6-8H2,(H,19,20)/t14-/m0/s1. The van der Waals surface area contributed by atoms with Gasteiger partial charge in [0.2, 0.25) is 0 Å². The minimum Gasteiger partial charge on any atom is -0.493 e. The van der Waals surface area contributed by atoms with Crippen LogP contribution in [0, 0.1) is 5.82 Å². The van der Waals surface area contributed by atoms with E-state index < -0.39 is 20.7 Å². The van der Waals surface area contributed by atoms with Crippen LogP contribution in [0.25, 0.3) is 0 Å². The molecule has 2 aromatic rings. The first-order valence-corrected chi connectivity index (χ1v) is 11.0. The van der Waals surface area contributed by atoms with Crippen LogP contribution in [0.3, 0.4) is 0 Å². The second kappa shape index (κ2) is 7.13. The molecular weight excluding hydrogens is 377 g/mol. The van der Waals surface area contributed by atoms with Crippen LogP contribution in [0.4, 0.5) is 9.52 Å². The molecule has 0 amide bonds. The molecule has 1 atom stereocenters. The summed E-state index contributed by atoms with van der Waals surface area (Å²) < 4.78 is 47.8. The van der Waals surface area contributed by atoms with Gasteiger partial charge >= 0.3 is 0 Å². The van der Waals surface area contributed by atoms with Crippen LogP contribution in [-0.4, -0.2) is 38.0 Å². The number of halogens is 1. The van der Waals surface area contributed by atoms with Crippen molar-refractivity contribution in [2.75, 3.05) is 24.4 Å². The first-order valence-electron chi connectivity index (χ1n) is 8.67. The third-order valence-electron chi connectivity index (χ3n) is 4.85. The van der Waals surface area contributed by atoms with Gasteiger partial charge in [-0.2, -0.15) is 0 Å². The molecule has 0 radical (unpaired) electrons. The first-order chi connectivity index (χ1) is 12.5. The van der Waals surface area contributed by atoms with Gasteiger partial charge in [-0.25, -0.2) is 17.8 Å². The van der Waals surface area contributed by atoms with E-state index in [1.807, 2.05) is 0 Å². The predicted octanol–water partition coefficient (Wildman–Crippen LogP) is 3.39. The average Bonchev–Trinajstić information content (AvgIpc) is 3.13. The summed E-state index contributed by atoms with van der Waals surface area (Å²) in [6, 6.07) is 2.71. The van der Waals surface area contributed by atoms with Gasteiger partial charge in [-0.15, -0.1) is 11.3 Å². The maximum atomic E-state index is 14.7. The maximum absolute atomic E-state index is 14.7. The summed E-state index contributed by atoms with van der Waals surface area (Å²) in [6.07, 6.45) is 5.77. The van der Waals surface area contributed by atoms with Crippen LogP contribution < -0.4 is 9.46 Å². The number of aromatic nitrogens is 1. The summed E-state index contributed by atoms with van der Waals surface area (Å²) in [5.74, 6) is -0.312. The number of nitrogens with zero attached hydrogens (tertiary/aromatic N) is 2. The summed E-state index contributed by atoms with van der Waals surface area (Å²) in [4.78, 5) is 5.83. The molecule has 4 rings (SSSR count). The van der Waals surface area contributed by atoms with Crippen molar-refractivity contribution < 1.29 is 17.5 Å². The molecule has 2 aliphatic heterocycles. The molecule has 1 aromatic carbocycles. The SMILES string of the molecule is O=S(=O)(Nc1nccs1)c1cc2c(cc1F)[C@@H](N1CCCCC1)CCO2. The molecule has 1 saturated heterocycles. The number of hydrogen-bond donors (Lipinski definition) is 1. The Balaban J connectivity index is 1.67. The number of nitrogens with one attached hydrogen (secondary N) is 1. The van der Waals surface area contributed by atoms with Gasteiger partial charge in [-0.05, 0) is 32.0 Å². The van der Waals surface area contributed by atoms with Crippen LogP contribution in [0.5, 0.6) is 5.75 Å². The molecule has 0 saturated carbocycles. The molecule has 140 valence electrons. The smallest absolute Gasteiger partial charge is 0.266 e. The third kappa shape index (κ3) is 3.43. The highest BCUT2D eigenvalue weighted by Gasteiger charge is 2.31. The Morgan fingerprint density at radius 1 is 1.27 bits per heavy atom. The topological polar surface area (TPSA) is 71.5 Å². The number of sulfonamides is 1. The minimum absolute atomic E-state index is 0.0808. The van der Waals surface area contributed by atoms with Crippen molar-refractivity contribution in [3.63, 3.8) is 0 Å². The van der Waals surface area contributed by atoms with Crippen molar-refractivity contribution in [3.05, 3.63) is 35.1 Å². The Morgan fingerprint density at radius 3 is 2.81 bits per heavy atom. The zero-order chi connectivity index (χ0) is 18.1. The van der Waals surface area contributed by atoms with E-state index in [0.717, 1.165) is 49.3 Å². The number of likely N-dealkylation sites (tertiary alicyclic amines) is 1. The van der Waals surface area contributed by atoms with Crippen LogP contribution in [0.15, 0.2) is 28.6 Å². The van der Waals surface area contributed by atoms with Gasteiger partial charge < -0.3 is 4.74 Å². The van der Waals surface area contributed by atoms with Crippen molar-refractivity contribution in [1.82, 2.24) is 9.88 Å². The molecular formula is C17H20FN3O3S2. The van der Waals surface area contributed by atoms with Crippen LogP contribution in [0.1, 0.15) is 37.3 Å². The molecule has 26 heavy (non-hydrogen) atoms. The zero-order valence-electron chi connectivity index (χ0n) is 14.2. The van der Waals surface area contributed by atoms with Crippen molar-refractivity contribution >= 4 is 26.5 Å². The zero-order valence-corrected chi connectivity index (χ0v) is 15.8. The number of piperidine rings is 1. The van der Waals surface area contributed by atoms with Crippen LogP contribution in [-0.2, 0) is 10.0 Å². The fraction of sp³-hybridized carbons (Fsp3) is 0.471. The lowest BCUT2D eigenvalue weighted by molar-refractivity contribution is 0.118. The monoisotopic (exact) mass is 397 g/mol. The molecule has 6 nitrogen and oxygen atoms in total. The van der Waals surface area contributed by atoms with Gasteiger partial charge in [0.05, 0.1) is 6.61 Å². The van der Waals surface area contributed by atoms with Gasteiger partial charge in [0, 0.05) is 35.7 Å². The highest BCUT2D eigenvalue weighted by molar-refractivity contribution is 7.93. The number of hydrogen-bond acceptors (Lipinski definition) is 6. The molecule has 9 heteroatoms. The minimum atomic E-state index is -4.06. The molecule has 1 N–H and O–H groups in total. The summed E-state index contributed by atoms with van der Waals surface area (Å²) in [5, 5.41) is 1.85. The van der Waals surface area contributed by atoms with Crippen molar-refractivity contribution in [3.8, 4) is 5.75 Å². The summed E-state index contributed by atoms with van der Waals surface area (Å²) in [6.45, 7) is 2.47. The fourth-order valence-electron chi connectivity index (χ4n) is 3.63. The average molecular weight is 397 g/mol. The van der Waals surface area contributed by atoms with Crippen molar-refractivity contribution in [2.24, 2.45) is 0 Å². The lowest BCUT2D eigenvalue weighted by Crippen LogP contribution is -2.36. The molecule has 2 aliphatic rings. The Morgan fingerprint density at radius 2 is 2.08 bits per heavy atom. The lowest BCUT2D eigenvalue weighted by atomic mass is 9.96. The Bertz CT molecular complexity index is 881. The summed E-state index contributed by atoms with van der Waals surface area (Å²) >= 11 is 1.14. The molecule has 1 aromatic heterocycles. The van der Waals surface area contributed by atoms with E-state index in [1.165, 1.54) is 24.8 Å². The van der Waals surface area contributed by atoms with Gasteiger partial charge in [0.1, 0.15) is 16.5 Å².